The first-order valence-electron chi connectivity index (χ1n) is 12.2. The van der Waals surface area contributed by atoms with Gasteiger partial charge in [-0.2, -0.15) is 5.26 Å². The summed E-state index contributed by atoms with van der Waals surface area (Å²) >= 11 is 0. The van der Waals surface area contributed by atoms with Crippen molar-refractivity contribution >= 4 is 17.6 Å². The zero-order chi connectivity index (χ0) is 22.9. The molecule has 1 saturated carbocycles. The van der Waals surface area contributed by atoms with Gasteiger partial charge in [-0.25, -0.2) is 0 Å². The normalized spacial score (nSPS) is 21.6. The minimum atomic E-state index is -0.109. The Morgan fingerprint density at radius 2 is 1.69 bits per heavy atom. The largest absolute Gasteiger partial charge is 0.469 e. The number of piperidine rings is 1. The summed E-state index contributed by atoms with van der Waals surface area (Å²) in [6.07, 6.45) is 8.45. The molecule has 1 heterocycles. The van der Waals surface area contributed by atoms with Gasteiger partial charge in [0.25, 0.3) is 0 Å². The molecule has 2 fully saturated rings. The predicted octanol–water partition coefficient (Wildman–Crippen LogP) is 4.53. The van der Waals surface area contributed by atoms with Gasteiger partial charge in [0, 0.05) is 37.3 Å². The maximum atomic E-state index is 13.6. The van der Waals surface area contributed by atoms with E-state index in [9.17, 15) is 9.59 Å². The number of nitriles is 1. The Morgan fingerprint density at radius 3 is 2.25 bits per heavy atom. The van der Waals surface area contributed by atoms with E-state index in [0.717, 1.165) is 83.1 Å². The number of ether oxygens (including phenoxy) is 1. The molecule has 1 saturated heterocycles. The maximum absolute atomic E-state index is 13.6. The summed E-state index contributed by atoms with van der Waals surface area (Å²) in [5, 5.41) is 9.00. The highest BCUT2D eigenvalue weighted by Gasteiger charge is 2.35. The Morgan fingerprint density at radius 1 is 1.03 bits per heavy atom. The van der Waals surface area contributed by atoms with Gasteiger partial charge in [0.05, 0.1) is 24.7 Å². The molecule has 0 bridgehead atoms. The molecule has 6 heteroatoms. The number of methoxy groups -OCH3 is 1. The summed E-state index contributed by atoms with van der Waals surface area (Å²) in [5.41, 5.74) is 1.79. The Bertz CT molecular complexity index is 786. The van der Waals surface area contributed by atoms with Crippen LogP contribution >= 0.6 is 0 Å². The molecule has 0 unspecified atom stereocenters. The lowest BCUT2D eigenvalue weighted by Gasteiger charge is -2.40. The van der Waals surface area contributed by atoms with Crippen LogP contribution in [0.1, 0.15) is 70.3 Å². The number of anilines is 1. The molecule has 0 atom stereocenters. The van der Waals surface area contributed by atoms with Crippen LogP contribution in [0.2, 0.25) is 0 Å². The van der Waals surface area contributed by atoms with E-state index in [0.29, 0.717) is 11.5 Å². The number of carbonyl (C=O) groups excluding carboxylic acids is 2. The minimum absolute atomic E-state index is 0.0143. The van der Waals surface area contributed by atoms with Crippen LogP contribution in [0.4, 0.5) is 5.69 Å². The van der Waals surface area contributed by atoms with Gasteiger partial charge in [-0.05, 0) is 69.2 Å². The van der Waals surface area contributed by atoms with Crippen molar-refractivity contribution in [2.45, 2.75) is 70.8 Å². The highest BCUT2D eigenvalue weighted by atomic mass is 16.5. The second kappa shape index (κ2) is 11.9. The van der Waals surface area contributed by atoms with Gasteiger partial charge in [0.15, 0.2) is 0 Å². The third kappa shape index (κ3) is 6.03. The van der Waals surface area contributed by atoms with Gasteiger partial charge in [-0.3, -0.25) is 9.59 Å². The lowest BCUT2D eigenvalue weighted by Crippen LogP contribution is -2.48. The Balaban J connectivity index is 1.58. The molecule has 1 aromatic carbocycles. The molecule has 1 aromatic rings. The van der Waals surface area contributed by atoms with Gasteiger partial charge < -0.3 is 14.5 Å². The molecular formula is C26H37N3O3. The van der Waals surface area contributed by atoms with Crippen LogP contribution in [0.3, 0.4) is 0 Å². The minimum Gasteiger partial charge on any atom is -0.469 e. The monoisotopic (exact) mass is 439 g/mol. The van der Waals surface area contributed by atoms with E-state index in [2.05, 4.69) is 22.8 Å². The van der Waals surface area contributed by atoms with Gasteiger partial charge in [-0.15, -0.1) is 0 Å². The lowest BCUT2D eigenvalue weighted by molar-refractivity contribution is -0.147. The molecule has 1 aliphatic heterocycles. The SMILES string of the molecule is CCCCCN(C(=O)C1CCN(c2ccc(C#N)cc2)CC1)C1CCC(C(=O)OC)CC1. The molecule has 2 aliphatic rings. The van der Waals surface area contributed by atoms with Crippen LogP contribution in [0.15, 0.2) is 24.3 Å². The number of benzene rings is 1. The summed E-state index contributed by atoms with van der Waals surface area (Å²) in [7, 11) is 1.46. The molecule has 3 rings (SSSR count). The van der Waals surface area contributed by atoms with Crippen molar-refractivity contribution in [3.63, 3.8) is 0 Å². The molecule has 6 nitrogen and oxygen atoms in total. The van der Waals surface area contributed by atoms with Crippen molar-refractivity contribution in [2.75, 3.05) is 31.6 Å². The first-order chi connectivity index (χ1) is 15.6. The van der Waals surface area contributed by atoms with Gasteiger partial charge >= 0.3 is 5.97 Å². The highest BCUT2D eigenvalue weighted by Crippen LogP contribution is 2.31. The third-order valence-electron chi connectivity index (χ3n) is 7.16. The van der Waals surface area contributed by atoms with E-state index in [4.69, 9.17) is 10.00 Å². The molecule has 1 amide bonds. The smallest absolute Gasteiger partial charge is 0.308 e. The van der Waals surface area contributed by atoms with E-state index < -0.39 is 0 Å². The van der Waals surface area contributed by atoms with E-state index in [-0.39, 0.29) is 23.8 Å². The fourth-order valence-electron chi connectivity index (χ4n) is 5.16. The number of hydrogen-bond acceptors (Lipinski definition) is 5. The summed E-state index contributed by atoms with van der Waals surface area (Å²) < 4.78 is 4.93. The summed E-state index contributed by atoms with van der Waals surface area (Å²) in [5.74, 6) is 0.258. The molecule has 0 radical (unpaired) electrons. The van der Waals surface area contributed by atoms with Crippen molar-refractivity contribution < 1.29 is 14.3 Å². The second-order valence-electron chi connectivity index (χ2n) is 9.19. The quantitative estimate of drug-likeness (QED) is 0.440. The van der Waals surface area contributed by atoms with Crippen LogP contribution in [0.5, 0.6) is 0 Å². The zero-order valence-electron chi connectivity index (χ0n) is 19.6. The highest BCUT2D eigenvalue weighted by molar-refractivity contribution is 5.79. The maximum Gasteiger partial charge on any atom is 0.308 e. The Kier molecular flexibility index (Phi) is 8.96. The van der Waals surface area contributed by atoms with Crippen molar-refractivity contribution in [1.82, 2.24) is 4.90 Å². The van der Waals surface area contributed by atoms with E-state index in [1.165, 1.54) is 7.11 Å². The van der Waals surface area contributed by atoms with Crippen molar-refractivity contribution in [2.24, 2.45) is 11.8 Å². The fourth-order valence-corrected chi connectivity index (χ4v) is 5.16. The first-order valence-corrected chi connectivity index (χ1v) is 12.2. The average molecular weight is 440 g/mol. The number of carbonyl (C=O) groups is 2. The third-order valence-corrected chi connectivity index (χ3v) is 7.16. The molecule has 0 N–H and O–H groups in total. The average Bonchev–Trinajstić information content (AvgIpc) is 2.86. The number of esters is 1. The summed E-state index contributed by atoms with van der Waals surface area (Å²) in [6.45, 7) is 4.74. The van der Waals surface area contributed by atoms with Crippen LogP contribution in [-0.4, -0.2) is 49.6 Å². The van der Waals surface area contributed by atoms with Gasteiger partial charge in [0.2, 0.25) is 5.91 Å². The molecule has 1 aliphatic carbocycles. The number of amides is 1. The van der Waals surface area contributed by atoms with E-state index >= 15 is 0 Å². The lowest BCUT2D eigenvalue weighted by atomic mass is 9.84. The Hall–Kier alpha value is -2.55. The summed E-state index contributed by atoms with van der Waals surface area (Å²) in [6, 6.07) is 10.1. The van der Waals surface area contributed by atoms with Crippen LogP contribution in [-0.2, 0) is 14.3 Å². The van der Waals surface area contributed by atoms with Crippen LogP contribution < -0.4 is 4.90 Å². The fraction of sp³-hybridized carbons (Fsp3) is 0.654. The Labute approximate surface area is 192 Å². The standard InChI is InChI=1S/C26H37N3O3/c1-3-4-5-16-29(24-12-8-22(9-13-24)26(31)32-2)25(30)21-14-17-28(18-15-21)23-10-6-20(19-27)7-11-23/h6-7,10-11,21-22,24H,3-5,8-9,12-18H2,1-2H3. The molecule has 0 aromatic heterocycles. The number of rotatable bonds is 8. The van der Waals surface area contributed by atoms with E-state index in [1.54, 1.807) is 0 Å². The van der Waals surface area contributed by atoms with Crippen molar-refractivity contribution in [3.8, 4) is 6.07 Å². The van der Waals surface area contributed by atoms with Crippen LogP contribution in [0.25, 0.3) is 0 Å². The molecule has 32 heavy (non-hydrogen) atoms. The van der Waals surface area contributed by atoms with Gasteiger partial charge in [-0.1, -0.05) is 19.8 Å². The van der Waals surface area contributed by atoms with Crippen LogP contribution in [0, 0.1) is 23.2 Å². The molecule has 0 spiro atoms. The number of hydrogen-bond donors (Lipinski definition) is 0. The topological polar surface area (TPSA) is 73.6 Å². The molecule has 174 valence electrons. The molecular weight excluding hydrogens is 402 g/mol. The summed E-state index contributed by atoms with van der Waals surface area (Å²) in [4.78, 5) is 29.9. The zero-order valence-corrected chi connectivity index (χ0v) is 19.6. The van der Waals surface area contributed by atoms with Crippen molar-refractivity contribution in [1.29, 1.82) is 5.26 Å². The van der Waals surface area contributed by atoms with Crippen molar-refractivity contribution in [3.05, 3.63) is 29.8 Å². The first kappa shape index (κ1) is 24.1. The number of unbranched alkanes of at least 4 members (excludes halogenated alkanes) is 2. The second-order valence-corrected chi connectivity index (χ2v) is 9.19. The number of nitrogens with zero attached hydrogens (tertiary/aromatic N) is 3. The van der Waals surface area contributed by atoms with Gasteiger partial charge in [0.1, 0.15) is 0 Å². The predicted molar refractivity (Wildman–Crippen MR) is 125 cm³/mol. The van der Waals surface area contributed by atoms with E-state index in [1.807, 2.05) is 24.3 Å².